The zero-order valence-electron chi connectivity index (χ0n) is 6.04. The van der Waals surface area contributed by atoms with Gasteiger partial charge in [-0.2, -0.15) is 0 Å². The van der Waals surface area contributed by atoms with Crippen molar-refractivity contribution in [3.63, 3.8) is 0 Å². The van der Waals surface area contributed by atoms with Gasteiger partial charge < -0.3 is 15.6 Å². The summed E-state index contributed by atoms with van der Waals surface area (Å²) in [5.41, 5.74) is 5.18. The van der Waals surface area contributed by atoms with Crippen molar-refractivity contribution in [3.05, 3.63) is 0 Å². The van der Waals surface area contributed by atoms with E-state index in [2.05, 4.69) is 0 Å². The van der Waals surface area contributed by atoms with Gasteiger partial charge >= 0.3 is 5.97 Å². The van der Waals surface area contributed by atoms with E-state index < -0.39 is 12.0 Å². The van der Waals surface area contributed by atoms with E-state index in [0.717, 1.165) is 0 Å². The molecule has 0 radical (unpaired) electrons. The first kappa shape index (κ1) is 9.39. The van der Waals surface area contributed by atoms with Crippen LogP contribution in [0.4, 0.5) is 0 Å². The van der Waals surface area contributed by atoms with Gasteiger partial charge in [-0.05, 0) is 13.3 Å². The Kier molecular flexibility index (Phi) is 4.88. The van der Waals surface area contributed by atoms with Crippen LogP contribution in [0.3, 0.4) is 0 Å². The SMILES string of the molecule is CCOCC[C@@H](N)C(=O)O. The summed E-state index contributed by atoms with van der Waals surface area (Å²) >= 11 is 0. The van der Waals surface area contributed by atoms with Crippen LogP contribution in [-0.2, 0) is 9.53 Å². The third kappa shape index (κ3) is 4.29. The van der Waals surface area contributed by atoms with Crippen LogP contribution in [0.1, 0.15) is 13.3 Å². The lowest BCUT2D eigenvalue weighted by Crippen LogP contribution is -2.31. The van der Waals surface area contributed by atoms with Gasteiger partial charge in [-0.15, -0.1) is 0 Å². The smallest absolute Gasteiger partial charge is 0.320 e. The molecule has 0 aliphatic rings. The lowest BCUT2D eigenvalue weighted by molar-refractivity contribution is -0.139. The van der Waals surface area contributed by atoms with Gasteiger partial charge in [-0.3, -0.25) is 4.79 Å². The highest BCUT2D eigenvalue weighted by molar-refractivity contribution is 5.72. The summed E-state index contributed by atoms with van der Waals surface area (Å²) < 4.78 is 4.91. The summed E-state index contributed by atoms with van der Waals surface area (Å²) in [6, 6.07) is -0.786. The molecular formula is C6H13NO3. The van der Waals surface area contributed by atoms with E-state index in [4.69, 9.17) is 15.6 Å². The summed E-state index contributed by atoms with van der Waals surface area (Å²) in [5.74, 6) is -0.972. The molecule has 0 amide bonds. The van der Waals surface area contributed by atoms with E-state index in [-0.39, 0.29) is 0 Å². The summed E-state index contributed by atoms with van der Waals surface area (Å²) in [5, 5.41) is 8.30. The van der Waals surface area contributed by atoms with Gasteiger partial charge in [0.2, 0.25) is 0 Å². The molecule has 0 aliphatic heterocycles. The van der Waals surface area contributed by atoms with Gasteiger partial charge in [0.05, 0.1) is 0 Å². The fraction of sp³-hybridized carbons (Fsp3) is 0.833. The number of aliphatic carboxylic acids is 1. The molecule has 4 nitrogen and oxygen atoms in total. The average molecular weight is 147 g/mol. The summed E-state index contributed by atoms with van der Waals surface area (Å²) in [7, 11) is 0. The molecule has 0 saturated heterocycles. The molecule has 4 heteroatoms. The van der Waals surface area contributed by atoms with E-state index in [1.54, 1.807) is 0 Å². The normalized spacial score (nSPS) is 13.0. The molecule has 0 fully saturated rings. The third-order valence-electron chi connectivity index (χ3n) is 1.09. The summed E-state index contributed by atoms with van der Waals surface area (Å²) in [6.07, 6.45) is 0.378. The minimum atomic E-state index is -0.972. The van der Waals surface area contributed by atoms with Gasteiger partial charge in [0.25, 0.3) is 0 Å². The second kappa shape index (κ2) is 5.20. The van der Waals surface area contributed by atoms with E-state index in [9.17, 15) is 4.79 Å². The van der Waals surface area contributed by atoms with Gasteiger partial charge in [-0.1, -0.05) is 0 Å². The molecule has 60 valence electrons. The summed E-state index contributed by atoms with van der Waals surface area (Å²) in [6.45, 7) is 2.88. The second-order valence-corrected chi connectivity index (χ2v) is 1.93. The quantitative estimate of drug-likeness (QED) is 0.529. The van der Waals surface area contributed by atoms with E-state index >= 15 is 0 Å². The first-order chi connectivity index (χ1) is 4.68. The lowest BCUT2D eigenvalue weighted by atomic mass is 10.2. The number of carbonyl (C=O) groups is 1. The van der Waals surface area contributed by atoms with Crippen molar-refractivity contribution in [2.45, 2.75) is 19.4 Å². The van der Waals surface area contributed by atoms with Crippen molar-refractivity contribution in [3.8, 4) is 0 Å². The standard InChI is InChI=1S/C6H13NO3/c1-2-10-4-3-5(7)6(8)9/h5H,2-4,7H2,1H3,(H,8,9)/t5-/m1/s1. The van der Waals surface area contributed by atoms with E-state index in [1.807, 2.05) is 6.92 Å². The molecule has 0 aromatic rings. The Bertz CT molecular complexity index is 105. The van der Waals surface area contributed by atoms with Crippen LogP contribution >= 0.6 is 0 Å². The zero-order chi connectivity index (χ0) is 7.98. The predicted molar refractivity (Wildman–Crippen MR) is 36.7 cm³/mol. The molecule has 0 aliphatic carbocycles. The van der Waals surface area contributed by atoms with Crippen LogP contribution in [0.15, 0.2) is 0 Å². The third-order valence-corrected chi connectivity index (χ3v) is 1.09. The fourth-order valence-electron chi connectivity index (χ4n) is 0.478. The lowest BCUT2D eigenvalue weighted by Gasteiger charge is -2.04. The first-order valence-electron chi connectivity index (χ1n) is 3.24. The maximum Gasteiger partial charge on any atom is 0.320 e. The molecular weight excluding hydrogens is 134 g/mol. The molecule has 0 bridgehead atoms. The van der Waals surface area contributed by atoms with Gasteiger partial charge in [0, 0.05) is 13.2 Å². The summed E-state index contributed by atoms with van der Waals surface area (Å²) in [4.78, 5) is 10.1. The van der Waals surface area contributed by atoms with Crippen molar-refractivity contribution in [1.82, 2.24) is 0 Å². The van der Waals surface area contributed by atoms with E-state index in [0.29, 0.717) is 19.6 Å². The number of nitrogens with two attached hydrogens (primary N) is 1. The first-order valence-corrected chi connectivity index (χ1v) is 3.24. The highest BCUT2D eigenvalue weighted by Crippen LogP contribution is 1.88. The number of hydrogen-bond donors (Lipinski definition) is 2. The Balaban J connectivity index is 3.21. The molecule has 0 spiro atoms. The van der Waals surface area contributed by atoms with Gasteiger partial charge in [0.1, 0.15) is 6.04 Å². The fourth-order valence-corrected chi connectivity index (χ4v) is 0.478. The predicted octanol–water partition coefficient (Wildman–Crippen LogP) is -0.175. The van der Waals surface area contributed by atoms with Crippen LogP contribution in [-0.4, -0.2) is 30.3 Å². The number of carboxylic acid groups (broad SMARTS) is 1. The van der Waals surface area contributed by atoms with Gasteiger partial charge in [0.15, 0.2) is 0 Å². The van der Waals surface area contributed by atoms with Crippen LogP contribution in [0.25, 0.3) is 0 Å². The Morgan fingerprint density at radius 3 is 2.80 bits per heavy atom. The molecule has 0 aromatic heterocycles. The molecule has 10 heavy (non-hydrogen) atoms. The second-order valence-electron chi connectivity index (χ2n) is 1.93. The van der Waals surface area contributed by atoms with Crippen LogP contribution < -0.4 is 5.73 Å². The maximum absolute atomic E-state index is 10.1. The van der Waals surface area contributed by atoms with Crippen molar-refractivity contribution in [2.24, 2.45) is 5.73 Å². The number of carboxylic acids is 1. The molecule has 3 N–H and O–H groups in total. The number of rotatable bonds is 5. The van der Waals surface area contributed by atoms with Crippen molar-refractivity contribution in [1.29, 1.82) is 0 Å². The van der Waals surface area contributed by atoms with E-state index in [1.165, 1.54) is 0 Å². The van der Waals surface area contributed by atoms with Crippen molar-refractivity contribution in [2.75, 3.05) is 13.2 Å². The van der Waals surface area contributed by atoms with Crippen LogP contribution in [0.2, 0.25) is 0 Å². The van der Waals surface area contributed by atoms with Crippen molar-refractivity contribution < 1.29 is 14.6 Å². The van der Waals surface area contributed by atoms with Gasteiger partial charge in [-0.25, -0.2) is 0 Å². The van der Waals surface area contributed by atoms with Crippen LogP contribution in [0, 0.1) is 0 Å². The molecule has 0 aromatic carbocycles. The molecule has 1 atom stereocenters. The Morgan fingerprint density at radius 1 is 1.80 bits per heavy atom. The van der Waals surface area contributed by atoms with Crippen LogP contribution in [0.5, 0.6) is 0 Å². The monoisotopic (exact) mass is 147 g/mol. The number of hydrogen-bond acceptors (Lipinski definition) is 3. The Hall–Kier alpha value is -0.610. The highest BCUT2D eigenvalue weighted by Gasteiger charge is 2.09. The minimum absolute atomic E-state index is 0.378. The topological polar surface area (TPSA) is 72.5 Å². The average Bonchev–Trinajstić information content (AvgIpc) is 1.88. The molecule has 0 unspecified atom stereocenters. The largest absolute Gasteiger partial charge is 0.480 e. The number of ether oxygens (including phenoxy) is 1. The Morgan fingerprint density at radius 2 is 2.40 bits per heavy atom. The van der Waals surface area contributed by atoms with Crippen molar-refractivity contribution >= 4 is 5.97 Å². The zero-order valence-corrected chi connectivity index (χ0v) is 6.04. The minimum Gasteiger partial charge on any atom is -0.480 e. The molecule has 0 saturated carbocycles. The molecule has 0 heterocycles. The highest BCUT2D eigenvalue weighted by atomic mass is 16.5. The Labute approximate surface area is 60.0 Å². The maximum atomic E-state index is 10.1. The molecule has 0 rings (SSSR count).